The number of hydrogen-bond acceptors (Lipinski definition) is 6. The summed E-state index contributed by atoms with van der Waals surface area (Å²) in [4.78, 5) is 33.4. The van der Waals surface area contributed by atoms with Crippen molar-refractivity contribution in [2.45, 2.75) is 13.0 Å². The molecule has 1 amide bonds. The number of hydrogen-bond donors (Lipinski definition) is 1. The Kier molecular flexibility index (Phi) is 5.12. The molecule has 1 heterocycles. The summed E-state index contributed by atoms with van der Waals surface area (Å²) in [6.07, 6.45) is -1.10. The summed E-state index contributed by atoms with van der Waals surface area (Å²) in [7, 11) is 0. The zero-order valence-corrected chi connectivity index (χ0v) is 13.4. The third-order valence-electron chi connectivity index (χ3n) is 2.74. The Bertz CT molecular complexity index is 740. The van der Waals surface area contributed by atoms with E-state index >= 15 is 0 Å². The van der Waals surface area contributed by atoms with Gasteiger partial charge in [0.25, 0.3) is 5.91 Å². The Hall–Kier alpha value is -2.68. The van der Waals surface area contributed by atoms with Crippen molar-refractivity contribution in [2.24, 2.45) is 0 Å². The summed E-state index contributed by atoms with van der Waals surface area (Å²) >= 11 is 3.27. The van der Waals surface area contributed by atoms with Gasteiger partial charge in [-0.15, -0.1) is 0 Å². The van der Waals surface area contributed by atoms with Crippen LogP contribution in [0.25, 0.3) is 0 Å². The van der Waals surface area contributed by atoms with Crippen molar-refractivity contribution < 1.29 is 23.7 Å². The van der Waals surface area contributed by atoms with Crippen LogP contribution in [0.2, 0.25) is 0 Å². The molecule has 9 heteroatoms. The first-order valence-electron chi connectivity index (χ1n) is 6.38. The summed E-state index contributed by atoms with van der Waals surface area (Å²) < 4.78 is 10.5. The molecule has 2 aromatic rings. The van der Waals surface area contributed by atoms with Crippen molar-refractivity contribution >= 4 is 39.4 Å². The van der Waals surface area contributed by atoms with Gasteiger partial charge >= 0.3 is 11.9 Å². The van der Waals surface area contributed by atoms with Crippen LogP contribution >= 0.6 is 15.9 Å². The van der Waals surface area contributed by atoms with Crippen molar-refractivity contribution in [3.8, 4) is 0 Å². The SMILES string of the molecule is C[C@H](OC(=O)c1ccc([N+](=O)[O-])o1)C(=O)Nc1ccc(Br)cc1. The molecule has 1 aromatic carbocycles. The second-order valence-electron chi connectivity index (χ2n) is 4.44. The van der Waals surface area contributed by atoms with Gasteiger partial charge in [0, 0.05) is 10.2 Å². The lowest BCUT2D eigenvalue weighted by Crippen LogP contribution is -2.29. The molecule has 8 nitrogen and oxygen atoms in total. The van der Waals surface area contributed by atoms with E-state index in [0.717, 1.165) is 16.6 Å². The topological polar surface area (TPSA) is 112 Å². The smallest absolute Gasteiger partial charge is 0.433 e. The van der Waals surface area contributed by atoms with E-state index in [1.165, 1.54) is 6.92 Å². The number of ether oxygens (including phenoxy) is 1. The third-order valence-corrected chi connectivity index (χ3v) is 3.27. The van der Waals surface area contributed by atoms with E-state index in [1.807, 2.05) is 0 Å². The quantitative estimate of drug-likeness (QED) is 0.482. The second-order valence-corrected chi connectivity index (χ2v) is 5.35. The molecular formula is C14H11BrN2O6. The number of carbonyl (C=O) groups excluding carboxylic acids is 2. The predicted molar refractivity (Wildman–Crippen MR) is 83.0 cm³/mol. The molecule has 0 fully saturated rings. The van der Waals surface area contributed by atoms with Crippen LogP contribution in [-0.4, -0.2) is 22.9 Å². The summed E-state index contributed by atoms with van der Waals surface area (Å²) in [5.41, 5.74) is 0.537. The normalized spacial score (nSPS) is 11.6. The van der Waals surface area contributed by atoms with Gasteiger partial charge in [0.05, 0.1) is 6.07 Å². The van der Waals surface area contributed by atoms with Gasteiger partial charge in [0.2, 0.25) is 5.76 Å². The molecule has 1 atom stereocenters. The highest BCUT2D eigenvalue weighted by atomic mass is 79.9. The first kappa shape index (κ1) is 16.7. The molecular weight excluding hydrogens is 372 g/mol. The number of nitrogens with zero attached hydrogens (tertiary/aromatic N) is 1. The van der Waals surface area contributed by atoms with E-state index in [1.54, 1.807) is 24.3 Å². The highest BCUT2D eigenvalue weighted by Crippen LogP contribution is 2.18. The van der Waals surface area contributed by atoms with Gasteiger partial charge in [0.15, 0.2) is 6.10 Å². The number of rotatable bonds is 5. The maximum absolute atomic E-state index is 11.9. The molecule has 0 bridgehead atoms. The Morgan fingerprint density at radius 2 is 1.91 bits per heavy atom. The van der Waals surface area contributed by atoms with E-state index in [0.29, 0.717) is 5.69 Å². The second kappa shape index (κ2) is 7.05. The van der Waals surface area contributed by atoms with Crippen LogP contribution in [0.15, 0.2) is 45.3 Å². The average Bonchev–Trinajstić information content (AvgIpc) is 2.99. The molecule has 0 saturated heterocycles. The number of anilines is 1. The van der Waals surface area contributed by atoms with Crippen LogP contribution in [0.5, 0.6) is 0 Å². The van der Waals surface area contributed by atoms with Gasteiger partial charge in [-0.25, -0.2) is 4.79 Å². The monoisotopic (exact) mass is 382 g/mol. The van der Waals surface area contributed by atoms with Crippen LogP contribution in [0.1, 0.15) is 17.5 Å². The number of amides is 1. The number of esters is 1. The number of benzene rings is 1. The average molecular weight is 383 g/mol. The van der Waals surface area contributed by atoms with Crippen molar-refractivity contribution in [1.82, 2.24) is 0 Å². The van der Waals surface area contributed by atoms with Crippen molar-refractivity contribution in [2.75, 3.05) is 5.32 Å². The van der Waals surface area contributed by atoms with E-state index in [2.05, 4.69) is 21.2 Å². The van der Waals surface area contributed by atoms with Crippen LogP contribution in [0.3, 0.4) is 0 Å². The van der Waals surface area contributed by atoms with Gasteiger partial charge in [-0.1, -0.05) is 15.9 Å². The standard InChI is InChI=1S/C14H11BrN2O6/c1-8(13(18)16-10-4-2-9(15)3-5-10)22-14(19)11-6-7-12(23-11)17(20)21/h2-8H,1H3,(H,16,18)/t8-/m0/s1. The zero-order chi connectivity index (χ0) is 17.0. The van der Waals surface area contributed by atoms with Crippen molar-refractivity contribution in [1.29, 1.82) is 0 Å². The van der Waals surface area contributed by atoms with Crippen molar-refractivity contribution in [3.63, 3.8) is 0 Å². The number of furan rings is 1. The number of nitro groups is 1. The van der Waals surface area contributed by atoms with Gasteiger partial charge < -0.3 is 14.5 Å². The largest absolute Gasteiger partial charge is 0.447 e. The summed E-state index contributed by atoms with van der Waals surface area (Å²) in [6.45, 7) is 1.38. The minimum Gasteiger partial charge on any atom is -0.447 e. The molecule has 23 heavy (non-hydrogen) atoms. The molecule has 2 rings (SSSR count). The van der Waals surface area contributed by atoms with Crippen LogP contribution in [-0.2, 0) is 9.53 Å². The maximum Gasteiger partial charge on any atom is 0.433 e. The summed E-state index contributed by atoms with van der Waals surface area (Å²) in [6, 6.07) is 8.98. The maximum atomic E-state index is 11.9. The van der Waals surface area contributed by atoms with E-state index in [4.69, 9.17) is 9.15 Å². The highest BCUT2D eigenvalue weighted by molar-refractivity contribution is 9.10. The molecule has 120 valence electrons. The van der Waals surface area contributed by atoms with Crippen LogP contribution < -0.4 is 5.32 Å². The molecule has 1 aromatic heterocycles. The van der Waals surface area contributed by atoms with Gasteiger partial charge in [-0.2, -0.15) is 0 Å². The van der Waals surface area contributed by atoms with Crippen molar-refractivity contribution in [3.05, 3.63) is 56.7 Å². The molecule has 0 saturated carbocycles. The lowest BCUT2D eigenvalue weighted by atomic mass is 10.3. The third kappa shape index (κ3) is 4.39. The minimum atomic E-state index is -1.10. The van der Waals surface area contributed by atoms with E-state index < -0.39 is 28.8 Å². The molecule has 0 aliphatic carbocycles. The van der Waals surface area contributed by atoms with Crippen LogP contribution in [0.4, 0.5) is 11.6 Å². The Morgan fingerprint density at radius 1 is 1.26 bits per heavy atom. The summed E-state index contributed by atoms with van der Waals surface area (Å²) in [5.74, 6) is -2.43. The molecule has 0 unspecified atom stereocenters. The zero-order valence-electron chi connectivity index (χ0n) is 11.8. The number of halogens is 1. The Balaban J connectivity index is 1.95. The lowest BCUT2D eigenvalue weighted by molar-refractivity contribution is -0.402. The number of nitrogens with one attached hydrogen (secondary N) is 1. The Labute approximate surface area is 138 Å². The first-order valence-corrected chi connectivity index (χ1v) is 7.18. The fraction of sp³-hybridized carbons (Fsp3) is 0.143. The molecule has 0 radical (unpaired) electrons. The lowest BCUT2D eigenvalue weighted by Gasteiger charge is -2.12. The number of carbonyl (C=O) groups is 2. The molecule has 1 N–H and O–H groups in total. The highest BCUT2D eigenvalue weighted by Gasteiger charge is 2.23. The molecule has 0 spiro atoms. The van der Waals surface area contributed by atoms with Gasteiger partial charge in [-0.05, 0) is 37.3 Å². The van der Waals surface area contributed by atoms with Gasteiger partial charge in [-0.3, -0.25) is 14.9 Å². The fourth-order valence-electron chi connectivity index (χ4n) is 1.58. The molecule has 0 aliphatic heterocycles. The predicted octanol–water partition coefficient (Wildman–Crippen LogP) is 3.13. The van der Waals surface area contributed by atoms with Gasteiger partial charge in [0.1, 0.15) is 4.92 Å². The Morgan fingerprint density at radius 3 is 2.48 bits per heavy atom. The summed E-state index contributed by atoms with van der Waals surface area (Å²) in [5, 5.41) is 13.1. The van der Waals surface area contributed by atoms with Crippen LogP contribution in [0, 0.1) is 10.1 Å². The fourth-order valence-corrected chi connectivity index (χ4v) is 1.85. The first-order chi connectivity index (χ1) is 10.9. The van der Waals surface area contributed by atoms with E-state index in [-0.39, 0.29) is 5.76 Å². The molecule has 0 aliphatic rings. The minimum absolute atomic E-state index is 0.347. The van der Waals surface area contributed by atoms with E-state index in [9.17, 15) is 19.7 Å².